The third-order valence-corrected chi connectivity index (χ3v) is 4.23. The third-order valence-electron chi connectivity index (χ3n) is 4.23. The zero-order chi connectivity index (χ0) is 21.7. The number of dihydropyridines is 1. The number of ether oxygens (including phenoxy) is 2. The fourth-order valence-corrected chi connectivity index (χ4v) is 3.05. The number of rotatable bonds is 7. The SMILES string of the molecule is CCCOC(=O)C1=C(N)NC(C)=C(C(=O)OC(C)C)C1c1cccc([N+](=O)[O-])c1. The summed E-state index contributed by atoms with van der Waals surface area (Å²) in [5.74, 6) is -2.28. The van der Waals surface area contributed by atoms with Crippen molar-refractivity contribution < 1.29 is 24.0 Å². The lowest BCUT2D eigenvalue weighted by molar-refractivity contribution is -0.384. The van der Waals surface area contributed by atoms with E-state index in [1.807, 2.05) is 6.92 Å². The normalized spacial score (nSPS) is 16.5. The molecule has 0 radical (unpaired) electrons. The predicted octanol–water partition coefficient (Wildman–Crippen LogP) is 2.63. The number of benzene rings is 1. The Balaban J connectivity index is 2.65. The number of carbonyl (C=O) groups excluding carboxylic acids is 2. The van der Waals surface area contributed by atoms with Crippen molar-refractivity contribution in [2.24, 2.45) is 5.73 Å². The van der Waals surface area contributed by atoms with Gasteiger partial charge in [0.05, 0.1) is 34.7 Å². The Labute approximate surface area is 168 Å². The van der Waals surface area contributed by atoms with Gasteiger partial charge in [0, 0.05) is 17.8 Å². The number of hydrogen-bond donors (Lipinski definition) is 2. The number of nitrogens with zero attached hydrogens (tertiary/aromatic N) is 1. The van der Waals surface area contributed by atoms with Gasteiger partial charge in [0.15, 0.2) is 0 Å². The number of nitro benzene ring substituents is 1. The first kappa shape index (κ1) is 21.9. The highest BCUT2D eigenvalue weighted by molar-refractivity contribution is 5.99. The molecule has 1 aliphatic heterocycles. The summed E-state index contributed by atoms with van der Waals surface area (Å²) >= 11 is 0. The number of nitrogens with two attached hydrogens (primary N) is 1. The number of hydrogen-bond acceptors (Lipinski definition) is 8. The molecule has 0 aliphatic carbocycles. The highest BCUT2D eigenvalue weighted by Gasteiger charge is 2.39. The largest absolute Gasteiger partial charge is 0.462 e. The van der Waals surface area contributed by atoms with E-state index in [2.05, 4.69) is 5.32 Å². The highest BCUT2D eigenvalue weighted by atomic mass is 16.6. The van der Waals surface area contributed by atoms with Gasteiger partial charge in [-0.1, -0.05) is 19.1 Å². The van der Waals surface area contributed by atoms with Crippen LogP contribution in [0.5, 0.6) is 0 Å². The second kappa shape index (κ2) is 9.22. The lowest BCUT2D eigenvalue weighted by Gasteiger charge is -2.30. The van der Waals surface area contributed by atoms with Crippen molar-refractivity contribution in [1.29, 1.82) is 0 Å². The molecule has 1 heterocycles. The highest BCUT2D eigenvalue weighted by Crippen LogP contribution is 2.39. The average Bonchev–Trinajstić information content (AvgIpc) is 2.64. The minimum Gasteiger partial charge on any atom is -0.462 e. The van der Waals surface area contributed by atoms with E-state index < -0.39 is 28.9 Å². The van der Waals surface area contributed by atoms with E-state index in [4.69, 9.17) is 15.2 Å². The van der Waals surface area contributed by atoms with E-state index in [0.717, 1.165) is 0 Å². The quantitative estimate of drug-likeness (QED) is 0.403. The smallest absolute Gasteiger partial charge is 0.338 e. The van der Waals surface area contributed by atoms with Crippen LogP contribution in [0.1, 0.15) is 45.6 Å². The monoisotopic (exact) mass is 403 g/mol. The first-order chi connectivity index (χ1) is 13.7. The lowest BCUT2D eigenvalue weighted by atomic mass is 9.81. The number of nitro groups is 1. The number of nitrogens with one attached hydrogen (secondary N) is 1. The van der Waals surface area contributed by atoms with Crippen LogP contribution in [0.15, 0.2) is 46.9 Å². The summed E-state index contributed by atoms with van der Waals surface area (Å²) in [4.78, 5) is 36.3. The Morgan fingerprint density at radius 3 is 2.55 bits per heavy atom. The molecule has 0 saturated carbocycles. The van der Waals surface area contributed by atoms with Crippen molar-refractivity contribution in [3.05, 3.63) is 62.6 Å². The fraction of sp³-hybridized carbons (Fsp3) is 0.400. The average molecular weight is 403 g/mol. The van der Waals surface area contributed by atoms with E-state index in [1.54, 1.807) is 26.8 Å². The molecule has 0 bridgehead atoms. The summed E-state index contributed by atoms with van der Waals surface area (Å²) in [5.41, 5.74) is 6.83. The Bertz CT molecular complexity index is 888. The van der Waals surface area contributed by atoms with E-state index in [0.29, 0.717) is 17.7 Å². The van der Waals surface area contributed by atoms with Gasteiger partial charge < -0.3 is 20.5 Å². The predicted molar refractivity (Wildman–Crippen MR) is 105 cm³/mol. The van der Waals surface area contributed by atoms with Crippen molar-refractivity contribution in [2.45, 2.75) is 46.1 Å². The lowest BCUT2D eigenvalue weighted by Crippen LogP contribution is -2.36. The number of carbonyl (C=O) groups is 2. The van der Waals surface area contributed by atoms with Gasteiger partial charge in [0.25, 0.3) is 5.69 Å². The maximum absolute atomic E-state index is 12.8. The fourth-order valence-electron chi connectivity index (χ4n) is 3.05. The summed E-state index contributed by atoms with van der Waals surface area (Å²) in [6, 6.07) is 5.72. The second-order valence-electron chi connectivity index (χ2n) is 6.87. The van der Waals surface area contributed by atoms with E-state index in [-0.39, 0.29) is 29.3 Å². The van der Waals surface area contributed by atoms with E-state index >= 15 is 0 Å². The molecule has 3 N–H and O–H groups in total. The molecule has 1 atom stereocenters. The van der Waals surface area contributed by atoms with Crippen LogP contribution < -0.4 is 11.1 Å². The van der Waals surface area contributed by atoms with E-state index in [1.165, 1.54) is 18.2 Å². The van der Waals surface area contributed by atoms with Crippen molar-refractivity contribution >= 4 is 17.6 Å². The van der Waals surface area contributed by atoms with Gasteiger partial charge in [-0.2, -0.15) is 0 Å². The van der Waals surface area contributed by atoms with Crippen LogP contribution in [0.4, 0.5) is 5.69 Å². The number of allylic oxidation sites excluding steroid dienone is 1. The summed E-state index contributed by atoms with van der Waals surface area (Å²) < 4.78 is 10.6. The summed E-state index contributed by atoms with van der Waals surface area (Å²) in [6.07, 6.45) is 0.206. The van der Waals surface area contributed by atoms with Gasteiger partial charge in [-0.15, -0.1) is 0 Å². The molecular weight excluding hydrogens is 378 g/mol. The maximum Gasteiger partial charge on any atom is 0.338 e. The second-order valence-corrected chi connectivity index (χ2v) is 6.87. The molecule has 29 heavy (non-hydrogen) atoms. The Hall–Kier alpha value is -3.36. The van der Waals surface area contributed by atoms with Gasteiger partial charge in [0.2, 0.25) is 0 Å². The topological polar surface area (TPSA) is 134 Å². The van der Waals surface area contributed by atoms with Gasteiger partial charge in [-0.05, 0) is 32.8 Å². The Morgan fingerprint density at radius 1 is 1.28 bits per heavy atom. The number of non-ortho nitro benzene ring substituents is 1. The molecule has 1 aromatic carbocycles. The van der Waals surface area contributed by atoms with Crippen LogP contribution in [0.25, 0.3) is 0 Å². The van der Waals surface area contributed by atoms with Crippen molar-refractivity contribution in [3.8, 4) is 0 Å². The molecule has 0 amide bonds. The van der Waals surface area contributed by atoms with Crippen LogP contribution >= 0.6 is 0 Å². The molecule has 0 spiro atoms. The Morgan fingerprint density at radius 2 is 1.97 bits per heavy atom. The zero-order valence-corrected chi connectivity index (χ0v) is 16.9. The summed E-state index contributed by atoms with van der Waals surface area (Å²) in [7, 11) is 0. The molecule has 1 aromatic rings. The molecule has 1 unspecified atom stereocenters. The van der Waals surface area contributed by atoms with Crippen molar-refractivity contribution in [2.75, 3.05) is 6.61 Å². The van der Waals surface area contributed by atoms with Gasteiger partial charge in [0.1, 0.15) is 5.82 Å². The van der Waals surface area contributed by atoms with Crippen LogP contribution in [-0.2, 0) is 19.1 Å². The van der Waals surface area contributed by atoms with Gasteiger partial charge >= 0.3 is 11.9 Å². The first-order valence-corrected chi connectivity index (χ1v) is 9.27. The molecular formula is C20H25N3O6. The zero-order valence-electron chi connectivity index (χ0n) is 16.9. The molecule has 156 valence electrons. The minimum atomic E-state index is -0.966. The minimum absolute atomic E-state index is 0.0141. The third kappa shape index (κ3) is 4.92. The van der Waals surface area contributed by atoms with Crippen LogP contribution in [0, 0.1) is 10.1 Å². The van der Waals surface area contributed by atoms with Crippen LogP contribution in [0.3, 0.4) is 0 Å². The van der Waals surface area contributed by atoms with Crippen LogP contribution in [-0.4, -0.2) is 29.6 Å². The molecule has 0 aromatic heterocycles. The molecule has 2 rings (SSSR count). The first-order valence-electron chi connectivity index (χ1n) is 9.27. The van der Waals surface area contributed by atoms with Gasteiger partial charge in [-0.25, -0.2) is 9.59 Å². The maximum atomic E-state index is 12.8. The van der Waals surface area contributed by atoms with E-state index in [9.17, 15) is 19.7 Å². The van der Waals surface area contributed by atoms with Crippen molar-refractivity contribution in [1.82, 2.24) is 5.32 Å². The molecule has 0 saturated heterocycles. The molecule has 0 fully saturated rings. The van der Waals surface area contributed by atoms with Crippen LogP contribution in [0.2, 0.25) is 0 Å². The standard InChI is InChI=1S/C20H25N3O6/c1-5-9-28-19(24)17-16(13-7-6-8-14(10-13)23(26)27)15(12(4)22-18(17)21)20(25)29-11(2)3/h6-8,10-11,16,22H,5,9,21H2,1-4H3. The molecule has 9 nitrogen and oxygen atoms in total. The summed E-state index contributed by atoms with van der Waals surface area (Å²) in [6.45, 7) is 7.05. The van der Waals surface area contributed by atoms with Crippen molar-refractivity contribution in [3.63, 3.8) is 0 Å². The molecule has 9 heteroatoms. The number of esters is 2. The van der Waals surface area contributed by atoms with Gasteiger partial charge in [-0.3, -0.25) is 10.1 Å². The molecule has 1 aliphatic rings. The Kier molecular flexibility index (Phi) is 6.98. The summed E-state index contributed by atoms with van der Waals surface area (Å²) in [5, 5.41) is 14.1.